The zero-order valence-corrected chi connectivity index (χ0v) is 19.4. The number of aliphatic hydroxyl groups is 1. The number of methoxy groups -OCH3 is 1. The Morgan fingerprint density at radius 3 is 2.56 bits per heavy atom. The first kappa shape index (κ1) is 26.4. The van der Waals surface area contributed by atoms with E-state index in [1.807, 2.05) is 12.1 Å². The highest BCUT2D eigenvalue weighted by Crippen LogP contribution is 2.30. The summed E-state index contributed by atoms with van der Waals surface area (Å²) in [5.74, 6) is 0.400. The van der Waals surface area contributed by atoms with Gasteiger partial charge in [0.2, 0.25) is 0 Å². The number of pyridine rings is 1. The van der Waals surface area contributed by atoms with Gasteiger partial charge in [0.1, 0.15) is 17.3 Å². The van der Waals surface area contributed by atoms with Crippen LogP contribution < -0.4 is 10.1 Å². The van der Waals surface area contributed by atoms with Crippen molar-refractivity contribution in [3.8, 4) is 5.75 Å². The lowest BCUT2D eigenvalue weighted by atomic mass is 10.0. The third-order valence-electron chi connectivity index (χ3n) is 5.37. The molecule has 182 valence electrons. The van der Waals surface area contributed by atoms with E-state index >= 15 is 0 Å². The van der Waals surface area contributed by atoms with E-state index in [1.54, 1.807) is 32.2 Å². The number of nitrogens with one attached hydrogen (secondary N) is 3. The van der Waals surface area contributed by atoms with Crippen molar-refractivity contribution in [2.24, 2.45) is 0 Å². The van der Waals surface area contributed by atoms with E-state index in [0.29, 0.717) is 11.3 Å². The number of anilines is 1. The monoisotopic (exact) mass is 470 g/mol. The lowest BCUT2D eigenvalue weighted by molar-refractivity contribution is -0.122. The number of aromatic nitrogens is 1. The first-order valence-electron chi connectivity index (χ1n) is 10.6. The van der Waals surface area contributed by atoms with Crippen LogP contribution in [0.25, 0.3) is 0 Å². The van der Waals surface area contributed by atoms with Gasteiger partial charge in [0.05, 0.1) is 31.7 Å². The Hall–Kier alpha value is -3.83. The van der Waals surface area contributed by atoms with Gasteiger partial charge in [-0.15, -0.1) is 0 Å². The van der Waals surface area contributed by atoms with Crippen molar-refractivity contribution in [2.75, 3.05) is 25.6 Å². The van der Waals surface area contributed by atoms with Gasteiger partial charge in [-0.05, 0) is 48.9 Å². The molecule has 1 aliphatic heterocycles. The van der Waals surface area contributed by atoms with Crippen molar-refractivity contribution < 1.29 is 24.5 Å². The molecule has 0 saturated carbocycles. The molecule has 3 rings (SSSR count). The Bertz CT molecular complexity index is 1040. The molecule has 0 radical (unpaired) electrons. The highest BCUT2D eigenvalue weighted by atomic mass is 16.5. The van der Waals surface area contributed by atoms with E-state index in [9.17, 15) is 9.90 Å². The smallest absolute Gasteiger partial charge is 0.290 e. The molecular weight excluding hydrogens is 440 g/mol. The van der Waals surface area contributed by atoms with Gasteiger partial charge in [0, 0.05) is 13.1 Å². The fourth-order valence-corrected chi connectivity index (χ4v) is 3.52. The lowest BCUT2D eigenvalue weighted by Gasteiger charge is -2.25. The van der Waals surface area contributed by atoms with Crippen LogP contribution in [0.2, 0.25) is 0 Å². The SMILES string of the molecule is CCN1Cc2cc(OC)c(C(=O)Nc3cccc(C(=N)N(C=N)C(C)CO)n3)cc2C1.O=CO. The van der Waals surface area contributed by atoms with Gasteiger partial charge in [0.15, 0.2) is 5.84 Å². The molecule has 1 atom stereocenters. The van der Waals surface area contributed by atoms with Gasteiger partial charge in [-0.3, -0.25) is 25.3 Å². The normalized spacial score (nSPS) is 13.1. The number of fused-ring (bicyclic) bond motifs is 1. The number of nitrogens with zero attached hydrogens (tertiary/aromatic N) is 3. The number of amides is 1. The van der Waals surface area contributed by atoms with Crippen molar-refractivity contribution in [1.29, 1.82) is 10.8 Å². The molecule has 2 heterocycles. The van der Waals surface area contributed by atoms with Crippen LogP contribution in [0.4, 0.5) is 5.82 Å². The van der Waals surface area contributed by atoms with Crippen molar-refractivity contribution >= 4 is 30.4 Å². The summed E-state index contributed by atoms with van der Waals surface area (Å²) >= 11 is 0. The van der Waals surface area contributed by atoms with E-state index in [2.05, 4.69) is 22.1 Å². The summed E-state index contributed by atoms with van der Waals surface area (Å²) in [5, 5.41) is 34.8. The summed E-state index contributed by atoms with van der Waals surface area (Å²) in [5.41, 5.74) is 2.97. The molecule has 1 aromatic carbocycles. The number of amidine groups is 1. The molecule has 1 amide bonds. The van der Waals surface area contributed by atoms with E-state index in [1.165, 1.54) is 4.90 Å². The van der Waals surface area contributed by atoms with Crippen LogP contribution in [-0.2, 0) is 17.9 Å². The molecule has 5 N–H and O–H groups in total. The summed E-state index contributed by atoms with van der Waals surface area (Å²) in [6, 6.07) is 8.27. The number of carboxylic acid groups (broad SMARTS) is 1. The number of ether oxygens (including phenoxy) is 1. The Morgan fingerprint density at radius 1 is 1.35 bits per heavy atom. The first-order chi connectivity index (χ1) is 16.3. The Morgan fingerprint density at radius 2 is 2.00 bits per heavy atom. The van der Waals surface area contributed by atoms with Crippen LogP contribution in [0, 0.1) is 10.8 Å². The average molecular weight is 471 g/mol. The van der Waals surface area contributed by atoms with Gasteiger partial charge in [-0.1, -0.05) is 13.0 Å². The van der Waals surface area contributed by atoms with Crippen LogP contribution in [0.15, 0.2) is 30.3 Å². The van der Waals surface area contributed by atoms with Crippen LogP contribution in [0.3, 0.4) is 0 Å². The zero-order chi connectivity index (χ0) is 25.3. The number of hydrogen-bond acceptors (Lipinski definition) is 8. The molecule has 0 fully saturated rings. The van der Waals surface area contributed by atoms with Gasteiger partial charge >= 0.3 is 0 Å². The van der Waals surface area contributed by atoms with Gasteiger partial charge < -0.3 is 25.2 Å². The fourth-order valence-electron chi connectivity index (χ4n) is 3.52. The van der Waals surface area contributed by atoms with Crippen molar-refractivity contribution in [1.82, 2.24) is 14.8 Å². The highest BCUT2D eigenvalue weighted by Gasteiger charge is 2.23. The molecule has 0 spiro atoms. The summed E-state index contributed by atoms with van der Waals surface area (Å²) in [7, 11) is 1.54. The van der Waals surface area contributed by atoms with Gasteiger partial charge in [0.25, 0.3) is 12.4 Å². The van der Waals surface area contributed by atoms with E-state index in [4.69, 9.17) is 25.5 Å². The molecule has 11 nitrogen and oxygen atoms in total. The molecule has 0 saturated heterocycles. The second kappa shape index (κ2) is 12.4. The molecule has 0 bridgehead atoms. The molecule has 1 unspecified atom stereocenters. The van der Waals surface area contributed by atoms with Crippen LogP contribution in [0.5, 0.6) is 5.75 Å². The Labute approximate surface area is 198 Å². The van der Waals surface area contributed by atoms with E-state index in [-0.39, 0.29) is 36.3 Å². The standard InChI is InChI=1S/C22H28N6O3.CH2O2/c1-4-27-10-15-8-17(19(31-3)9-16(15)11-27)22(30)26-20-7-5-6-18(25-20)21(24)28(13-23)14(2)12-29;2-1-3/h5-9,13-14,23-24,29H,4,10-12H2,1-3H3,(H,25,26,30);1H,(H,2,3). The first-order valence-corrected chi connectivity index (χ1v) is 10.6. The number of aliphatic hydroxyl groups excluding tert-OH is 1. The zero-order valence-electron chi connectivity index (χ0n) is 19.4. The van der Waals surface area contributed by atoms with Crippen molar-refractivity contribution in [2.45, 2.75) is 33.0 Å². The molecular formula is C23H30N6O5. The molecule has 34 heavy (non-hydrogen) atoms. The van der Waals surface area contributed by atoms with Crippen molar-refractivity contribution in [3.05, 3.63) is 52.7 Å². The molecule has 1 aliphatic rings. The fraction of sp³-hybridized carbons (Fsp3) is 0.348. The Balaban J connectivity index is 0.00000129. The lowest BCUT2D eigenvalue weighted by Crippen LogP contribution is -2.39. The minimum absolute atomic E-state index is 0.0394. The number of carbonyl (C=O) groups is 2. The summed E-state index contributed by atoms with van der Waals surface area (Å²) < 4.78 is 5.46. The third kappa shape index (κ3) is 6.15. The molecule has 1 aromatic heterocycles. The topological polar surface area (TPSA) is 163 Å². The number of carbonyl (C=O) groups excluding carboxylic acids is 1. The molecule has 11 heteroatoms. The van der Waals surface area contributed by atoms with Crippen LogP contribution >= 0.6 is 0 Å². The van der Waals surface area contributed by atoms with E-state index in [0.717, 1.165) is 37.1 Å². The summed E-state index contributed by atoms with van der Waals surface area (Å²) in [6.45, 7) is 5.92. The molecule has 2 aromatic rings. The number of rotatable bonds is 8. The quantitative estimate of drug-likeness (QED) is 0.222. The maximum absolute atomic E-state index is 13.0. The number of benzene rings is 1. The minimum Gasteiger partial charge on any atom is -0.496 e. The second-order valence-corrected chi connectivity index (χ2v) is 7.51. The van der Waals surface area contributed by atoms with Crippen LogP contribution in [0.1, 0.15) is 41.0 Å². The van der Waals surface area contributed by atoms with E-state index < -0.39 is 6.04 Å². The summed E-state index contributed by atoms with van der Waals surface area (Å²) in [4.78, 5) is 29.3. The average Bonchev–Trinajstić information content (AvgIpc) is 3.26. The highest BCUT2D eigenvalue weighted by molar-refractivity contribution is 6.06. The predicted molar refractivity (Wildman–Crippen MR) is 128 cm³/mol. The number of hydrogen-bond donors (Lipinski definition) is 5. The second-order valence-electron chi connectivity index (χ2n) is 7.51. The largest absolute Gasteiger partial charge is 0.496 e. The summed E-state index contributed by atoms with van der Waals surface area (Å²) in [6.07, 6.45) is 0.977. The minimum atomic E-state index is -0.441. The maximum Gasteiger partial charge on any atom is 0.290 e. The van der Waals surface area contributed by atoms with Crippen molar-refractivity contribution in [3.63, 3.8) is 0 Å². The van der Waals surface area contributed by atoms with Crippen LogP contribution in [-0.4, -0.2) is 75.9 Å². The third-order valence-corrected chi connectivity index (χ3v) is 5.37. The Kier molecular flexibility index (Phi) is 9.65. The van der Waals surface area contributed by atoms with Gasteiger partial charge in [-0.2, -0.15) is 0 Å². The predicted octanol–water partition coefficient (Wildman–Crippen LogP) is 1.99. The maximum atomic E-state index is 13.0. The van der Waals surface area contributed by atoms with Gasteiger partial charge in [-0.25, -0.2) is 4.98 Å². The molecule has 0 aliphatic carbocycles.